The smallest absolute Gasteiger partial charge is 0.161 e. The fourth-order valence-electron chi connectivity index (χ4n) is 4.57. The summed E-state index contributed by atoms with van der Waals surface area (Å²) in [7, 11) is 0. The van der Waals surface area contributed by atoms with Crippen LogP contribution in [-0.4, -0.2) is 30.7 Å². The maximum Gasteiger partial charge on any atom is 0.161 e. The number of ether oxygens (including phenoxy) is 2. The summed E-state index contributed by atoms with van der Waals surface area (Å²) in [5, 5.41) is 0. The molecular weight excluding hydrogens is 262 g/mol. The van der Waals surface area contributed by atoms with Crippen molar-refractivity contribution >= 4 is 0 Å². The van der Waals surface area contributed by atoms with Gasteiger partial charge in [0.25, 0.3) is 0 Å². The number of rotatable bonds is 0. The molecule has 1 aromatic carbocycles. The van der Waals surface area contributed by atoms with Gasteiger partial charge in [0.1, 0.15) is 13.2 Å². The lowest BCUT2D eigenvalue weighted by atomic mass is 9.66. The van der Waals surface area contributed by atoms with E-state index in [4.69, 9.17) is 9.47 Å². The normalized spacial score (nSPS) is 35.3. The molecule has 4 aliphatic rings. The quantitative estimate of drug-likeness (QED) is 0.730. The SMILES string of the molecule is C=C1C=C[C@]23CCN(Cc4cc5c(cc42)OCCO5)[C@H]3C1. The van der Waals surface area contributed by atoms with Gasteiger partial charge in [-0.05, 0) is 36.1 Å². The molecule has 5 rings (SSSR count). The molecule has 0 amide bonds. The van der Waals surface area contributed by atoms with Gasteiger partial charge in [-0.15, -0.1) is 0 Å². The number of allylic oxidation sites excluding steroid dienone is 1. The monoisotopic (exact) mass is 281 g/mol. The zero-order valence-corrected chi connectivity index (χ0v) is 12.1. The molecule has 3 aliphatic heterocycles. The Morgan fingerprint density at radius 3 is 2.86 bits per heavy atom. The van der Waals surface area contributed by atoms with E-state index in [1.807, 2.05) is 0 Å². The summed E-state index contributed by atoms with van der Waals surface area (Å²) in [4.78, 5) is 2.62. The van der Waals surface area contributed by atoms with Crippen LogP contribution < -0.4 is 9.47 Å². The van der Waals surface area contributed by atoms with Crippen molar-refractivity contribution in [3.63, 3.8) is 0 Å². The summed E-state index contributed by atoms with van der Waals surface area (Å²) < 4.78 is 11.6. The van der Waals surface area contributed by atoms with Gasteiger partial charge in [0, 0.05) is 24.5 Å². The highest BCUT2D eigenvalue weighted by molar-refractivity contribution is 5.56. The third-order valence-corrected chi connectivity index (χ3v) is 5.56. The maximum absolute atomic E-state index is 5.81. The molecule has 3 heteroatoms. The lowest BCUT2D eigenvalue weighted by Gasteiger charge is -2.45. The molecule has 1 aromatic rings. The van der Waals surface area contributed by atoms with E-state index in [0.717, 1.165) is 24.5 Å². The zero-order chi connectivity index (χ0) is 14.0. The molecule has 1 saturated heterocycles. The minimum Gasteiger partial charge on any atom is -0.486 e. The van der Waals surface area contributed by atoms with Crippen molar-refractivity contribution in [3.8, 4) is 11.5 Å². The summed E-state index contributed by atoms with van der Waals surface area (Å²) in [6.45, 7) is 7.67. The number of hydrogen-bond acceptors (Lipinski definition) is 3. The highest BCUT2D eigenvalue weighted by atomic mass is 16.6. The molecule has 0 N–H and O–H groups in total. The second-order valence-corrected chi connectivity index (χ2v) is 6.63. The predicted molar refractivity (Wildman–Crippen MR) is 80.8 cm³/mol. The number of fused-ring (bicyclic) bond motifs is 2. The Morgan fingerprint density at radius 1 is 1.19 bits per heavy atom. The average molecular weight is 281 g/mol. The lowest BCUT2D eigenvalue weighted by Crippen LogP contribution is -2.47. The molecule has 1 fully saturated rings. The van der Waals surface area contributed by atoms with E-state index >= 15 is 0 Å². The minimum absolute atomic E-state index is 0.157. The summed E-state index contributed by atoms with van der Waals surface area (Å²) in [6.07, 6.45) is 6.92. The van der Waals surface area contributed by atoms with Gasteiger partial charge in [0.2, 0.25) is 0 Å². The Balaban J connectivity index is 1.73. The topological polar surface area (TPSA) is 21.7 Å². The summed E-state index contributed by atoms with van der Waals surface area (Å²) in [5.41, 5.74) is 4.27. The van der Waals surface area contributed by atoms with Crippen LogP contribution in [0.1, 0.15) is 24.0 Å². The van der Waals surface area contributed by atoms with E-state index in [1.165, 1.54) is 29.7 Å². The maximum atomic E-state index is 5.81. The first kappa shape index (κ1) is 11.9. The lowest BCUT2D eigenvalue weighted by molar-refractivity contribution is 0.166. The van der Waals surface area contributed by atoms with Crippen molar-refractivity contribution in [2.75, 3.05) is 19.8 Å². The third-order valence-electron chi connectivity index (χ3n) is 5.56. The van der Waals surface area contributed by atoms with Crippen LogP contribution in [0.5, 0.6) is 11.5 Å². The van der Waals surface area contributed by atoms with Crippen molar-refractivity contribution in [2.24, 2.45) is 0 Å². The Labute approximate surface area is 124 Å². The van der Waals surface area contributed by atoms with E-state index in [0.29, 0.717) is 19.3 Å². The molecule has 1 aliphatic carbocycles. The van der Waals surface area contributed by atoms with Gasteiger partial charge in [-0.25, -0.2) is 0 Å². The summed E-state index contributed by atoms with van der Waals surface area (Å²) >= 11 is 0. The standard InChI is InChI=1S/C18H19NO2/c1-12-2-3-18-4-5-19(17(18)8-12)11-13-9-15-16(10-14(13)18)21-7-6-20-15/h2-3,9-10,17H,1,4-8,11H2/t17-,18-/m0/s1. The Bertz CT molecular complexity index is 678. The first-order valence-corrected chi connectivity index (χ1v) is 7.80. The molecule has 108 valence electrons. The Kier molecular flexibility index (Phi) is 2.21. The van der Waals surface area contributed by atoms with Crippen molar-refractivity contribution < 1.29 is 9.47 Å². The third kappa shape index (κ3) is 1.47. The zero-order valence-electron chi connectivity index (χ0n) is 12.1. The van der Waals surface area contributed by atoms with Gasteiger partial charge in [0.05, 0.1) is 0 Å². The Hall–Kier alpha value is -1.74. The second kappa shape index (κ2) is 3.92. The fourth-order valence-corrected chi connectivity index (χ4v) is 4.57. The molecule has 3 heterocycles. The molecule has 0 spiro atoms. The first-order chi connectivity index (χ1) is 10.3. The van der Waals surface area contributed by atoms with Crippen LogP contribution in [0.25, 0.3) is 0 Å². The highest BCUT2D eigenvalue weighted by Crippen LogP contribution is 2.53. The molecule has 2 bridgehead atoms. The largest absolute Gasteiger partial charge is 0.486 e. The predicted octanol–water partition coefficient (Wildman–Crippen LogP) is 2.80. The van der Waals surface area contributed by atoms with E-state index in [-0.39, 0.29) is 5.41 Å². The van der Waals surface area contributed by atoms with Crippen LogP contribution in [-0.2, 0) is 12.0 Å². The van der Waals surface area contributed by atoms with Gasteiger partial charge in [-0.2, -0.15) is 0 Å². The molecule has 1 unspecified atom stereocenters. The molecule has 21 heavy (non-hydrogen) atoms. The van der Waals surface area contributed by atoms with E-state index in [1.54, 1.807) is 0 Å². The number of hydrogen-bond donors (Lipinski definition) is 0. The van der Waals surface area contributed by atoms with E-state index in [9.17, 15) is 0 Å². The molecule has 0 radical (unpaired) electrons. The minimum atomic E-state index is 0.157. The number of benzene rings is 1. The Morgan fingerprint density at radius 2 is 2.00 bits per heavy atom. The van der Waals surface area contributed by atoms with Crippen LogP contribution in [0, 0.1) is 0 Å². The van der Waals surface area contributed by atoms with Gasteiger partial charge < -0.3 is 9.47 Å². The average Bonchev–Trinajstić information content (AvgIpc) is 2.78. The van der Waals surface area contributed by atoms with Crippen LogP contribution in [0.4, 0.5) is 0 Å². The van der Waals surface area contributed by atoms with Gasteiger partial charge in [-0.1, -0.05) is 24.3 Å². The number of nitrogens with zero attached hydrogens (tertiary/aromatic N) is 1. The molecule has 0 aromatic heterocycles. The summed E-state index contributed by atoms with van der Waals surface area (Å²) in [6, 6.07) is 5.03. The van der Waals surface area contributed by atoms with Crippen LogP contribution in [0.3, 0.4) is 0 Å². The molecule has 3 nitrogen and oxygen atoms in total. The van der Waals surface area contributed by atoms with Crippen molar-refractivity contribution in [1.82, 2.24) is 4.90 Å². The van der Waals surface area contributed by atoms with Gasteiger partial charge in [0.15, 0.2) is 11.5 Å². The van der Waals surface area contributed by atoms with Crippen LogP contribution in [0.2, 0.25) is 0 Å². The highest BCUT2D eigenvalue weighted by Gasteiger charge is 2.52. The van der Waals surface area contributed by atoms with Gasteiger partial charge >= 0.3 is 0 Å². The van der Waals surface area contributed by atoms with Crippen LogP contribution >= 0.6 is 0 Å². The molecular formula is C18H19NO2. The van der Waals surface area contributed by atoms with Crippen molar-refractivity contribution in [3.05, 3.63) is 47.6 Å². The summed E-state index contributed by atoms with van der Waals surface area (Å²) in [5.74, 6) is 1.84. The molecule has 3 atom stereocenters. The van der Waals surface area contributed by atoms with E-state index < -0.39 is 0 Å². The van der Waals surface area contributed by atoms with Crippen LogP contribution in [0.15, 0.2) is 36.4 Å². The van der Waals surface area contributed by atoms with E-state index in [2.05, 4.69) is 35.8 Å². The van der Waals surface area contributed by atoms with Crippen molar-refractivity contribution in [2.45, 2.75) is 30.8 Å². The van der Waals surface area contributed by atoms with Gasteiger partial charge in [-0.3, -0.25) is 4.90 Å². The second-order valence-electron chi connectivity index (χ2n) is 6.63. The molecule has 0 saturated carbocycles. The first-order valence-electron chi connectivity index (χ1n) is 7.80. The van der Waals surface area contributed by atoms with Crippen molar-refractivity contribution in [1.29, 1.82) is 0 Å². The fraction of sp³-hybridized carbons (Fsp3) is 0.444.